The molecule has 3 aromatic rings. The van der Waals surface area contributed by atoms with E-state index in [1.807, 2.05) is 19.1 Å². The fraction of sp³-hybridized carbons (Fsp3) is 0.320. The molecule has 0 spiro atoms. The molecule has 1 aliphatic rings. The summed E-state index contributed by atoms with van der Waals surface area (Å²) in [7, 11) is 0. The molecule has 1 aliphatic carbocycles. The van der Waals surface area contributed by atoms with Crippen LogP contribution in [0.5, 0.6) is 0 Å². The average Bonchev–Trinajstić information content (AvgIpc) is 2.78. The van der Waals surface area contributed by atoms with E-state index in [1.165, 1.54) is 32.1 Å². The van der Waals surface area contributed by atoms with E-state index in [2.05, 4.69) is 14.9 Å². The molecule has 31 heavy (non-hydrogen) atoms. The number of nitrogens with zero attached hydrogens (tertiary/aromatic N) is 2. The fourth-order valence-corrected chi connectivity index (χ4v) is 4.58. The molecule has 5 nitrogen and oxygen atoms in total. The number of halogens is 1. The Morgan fingerprint density at radius 1 is 1.16 bits per heavy atom. The molecule has 1 fully saturated rings. The van der Waals surface area contributed by atoms with Crippen LogP contribution in [0.25, 0.3) is 11.3 Å². The summed E-state index contributed by atoms with van der Waals surface area (Å²) in [5.41, 5.74) is 2.51. The highest BCUT2D eigenvalue weighted by Gasteiger charge is 2.24. The number of aromatic nitrogens is 2. The number of benzene rings is 1. The molecular weight excluding hydrogens is 410 g/mol. The first-order chi connectivity index (χ1) is 15.0. The van der Waals surface area contributed by atoms with E-state index in [-0.39, 0.29) is 11.0 Å². The Morgan fingerprint density at radius 2 is 1.94 bits per heavy atom. The van der Waals surface area contributed by atoms with Gasteiger partial charge in [-0.3, -0.25) is 14.6 Å². The smallest absolute Gasteiger partial charge is 0.261 e. The van der Waals surface area contributed by atoms with Crippen LogP contribution >= 0.6 is 11.6 Å². The van der Waals surface area contributed by atoms with Gasteiger partial charge in [0.25, 0.3) is 5.91 Å². The van der Waals surface area contributed by atoms with E-state index in [9.17, 15) is 9.59 Å². The van der Waals surface area contributed by atoms with Crippen molar-refractivity contribution in [3.63, 3.8) is 0 Å². The topological polar surface area (TPSA) is 64.0 Å². The first-order valence-corrected chi connectivity index (χ1v) is 11.1. The highest BCUT2D eigenvalue weighted by Crippen LogP contribution is 2.30. The molecule has 1 saturated carbocycles. The molecule has 6 heteroatoms. The SMILES string of the molecule is Cc1cc(=O)c(C(=O)Nc2ccccc2Cl)c(-c2cccnc2)n1CC1CCCCC1. The Balaban J connectivity index is 1.83. The third-order valence-electron chi connectivity index (χ3n) is 5.97. The second kappa shape index (κ2) is 9.48. The molecule has 2 heterocycles. The summed E-state index contributed by atoms with van der Waals surface area (Å²) in [6, 6.07) is 12.3. The third kappa shape index (κ3) is 4.72. The monoisotopic (exact) mass is 435 g/mol. The van der Waals surface area contributed by atoms with Crippen molar-refractivity contribution in [1.29, 1.82) is 0 Å². The van der Waals surface area contributed by atoms with Gasteiger partial charge in [-0.1, -0.05) is 43.0 Å². The van der Waals surface area contributed by atoms with Crippen LogP contribution in [0.3, 0.4) is 0 Å². The van der Waals surface area contributed by atoms with Crippen LogP contribution in [0.4, 0.5) is 5.69 Å². The Morgan fingerprint density at radius 3 is 2.65 bits per heavy atom. The molecule has 0 saturated heterocycles. The maximum Gasteiger partial charge on any atom is 0.261 e. The van der Waals surface area contributed by atoms with Gasteiger partial charge in [-0.15, -0.1) is 0 Å². The van der Waals surface area contributed by atoms with Crippen molar-refractivity contribution in [3.8, 4) is 11.3 Å². The van der Waals surface area contributed by atoms with Crippen LogP contribution in [0.15, 0.2) is 59.7 Å². The number of anilines is 1. The number of carbonyl (C=O) groups excluding carboxylic acids is 1. The lowest BCUT2D eigenvalue weighted by atomic mass is 9.88. The lowest BCUT2D eigenvalue weighted by Gasteiger charge is -2.27. The number of aryl methyl sites for hydroxylation is 1. The van der Waals surface area contributed by atoms with Gasteiger partial charge in [0, 0.05) is 36.3 Å². The van der Waals surface area contributed by atoms with Gasteiger partial charge < -0.3 is 9.88 Å². The largest absolute Gasteiger partial charge is 0.344 e. The first-order valence-electron chi connectivity index (χ1n) is 10.8. The van der Waals surface area contributed by atoms with E-state index in [4.69, 9.17) is 11.6 Å². The molecule has 0 radical (unpaired) electrons. The van der Waals surface area contributed by atoms with E-state index in [0.717, 1.165) is 17.8 Å². The van der Waals surface area contributed by atoms with Crippen molar-refractivity contribution < 1.29 is 4.79 Å². The molecule has 160 valence electrons. The summed E-state index contributed by atoms with van der Waals surface area (Å²) in [4.78, 5) is 30.6. The molecule has 0 atom stereocenters. The zero-order valence-corrected chi connectivity index (χ0v) is 18.4. The predicted octanol–water partition coefficient (Wildman–Crippen LogP) is 5.70. The van der Waals surface area contributed by atoms with Gasteiger partial charge in [-0.05, 0) is 49.9 Å². The van der Waals surface area contributed by atoms with Gasteiger partial charge >= 0.3 is 0 Å². The number of hydrogen-bond acceptors (Lipinski definition) is 3. The lowest BCUT2D eigenvalue weighted by molar-refractivity contribution is 0.102. The zero-order chi connectivity index (χ0) is 21.8. The van der Waals surface area contributed by atoms with E-state index >= 15 is 0 Å². The minimum absolute atomic E-state index is 0.120. The van der Waals surface area contributed by atoms with Crippen molar-refractivity contribution >= 4 is 23.2 Å². The number of nitrogens with one attached hydrogen (secondary N) is 1. The molecule has 1 amide bonds. The molecular formula is C25H26ClN3O2. The molecule has 1 aromatic carbocycles. The van der Waals surface area contributed by atoms with Crippen molar-refractivity contribution in [1.82, 2.24) is 9.55 Å². The van der Waals surface area contributed by atoms with Crippen LogP contribution in [0.1, 0.15) is 48.2 Å². The second-order valence-electron chi connectivity index (χ2n) is 8.16. The number of pyridine rings is 2. The molecule has 0 bridgehead atoms. The molecule has 2 aromatic heterocycles. The number of para-hydroxylation sites is 1. The fourth-order valence-electron chi connectivity index (χ4n) is 4.40. The van der Waals surface area contributed by atoms with E-state index in [0.29, 0.717) is 22.3 Å². The van der Waals surface area contributed by atoms with Crippen molar-refractivity contribution in [2.45, 2.75) is 45.6 Å². The molecule has 4 rings (SSSR count). The van der Waals surface area contributed by atoms with Crippen LogP contribution in [-0.2, 0) is 6.54 Å². The minimum atomic E-state index is -0.464. The van der Waals surface area contributed by atoms with Crippen LogP contribution < -0.4 is 10.7 Å². The van der Waals surface area contributed by atoms with Crippen LogP contribution in [0.2, 0.25) is 5.02 Å². The van der Waals surface area contributed by atoms with Crippen LogP contribution in [0, 0.1) is 12.8 Å². The normalized spacial score (nSPS) is 14.4. The van der Waals surface area contributed by atoms with Crippen molar-refractivity contribution in [3.05, 3.63) is 81.4 Å². The molecule has 1 N–H and O–H groups in total. The van der Waals surface area contributed by atoms with Gasteiger partial charge in [0.05, 0.1) is 16.4 Å². The van der Waals surface area contributed by atoms with Gasteiger partial charge in [0.1, 0.15) is 5.56 Å². The Bertz CT molecular complexity index is 1140. The van der Waals surface area contributed by atoms with E-state index < -0.39 is 5.91 Å². The number of carbonyl (C=O) groups is 1. The van der Waals surface area contributed by atoms with Crippen molar-refractivity contribution in [2.24, 2.45) is 5.92 Å². The van der Waals surface area contributed by atoms with Gasteiger partial charge in [0.15, 0.2) is 5.43 Å². The van der Waals surface area contributed by atoms with Crippen molar-refractivity contribution in [2.75, 3.05) is 5.32 Å². The average molecular weight is 436 g/mol. The lowest BCUT2D eigenvalue weighted by Crippen LogP contribution is -2.28. The Labute approximate surface area is 187 Å². The van der Waals surface area contributed by atoms with E-state index in [1.54, 1.807) is 42.7 Å². The maximum absolute atomic E-state index is 13.3. The highest BCUT2D eigenvalue weighted by molar-refractivity contribution is 6.34. The summed E-state index contributed by atoms with van der Waals surface area (Å²) >= 11 is 6.23. The Kier molecular flexibility index (Phi) is 6.52. The zero-order valence-electron chi connectivity index (χ0n) is 17.6. The quantitative estimate of drug-likeness (QED) is 0.558. The third-order valence-corrected chi connectivity index (χ3v) is 6.30. The maximum atomic E-state index is 13.3. The summed E-state index contributed by atoms with van der Waals surface area (Å²) in [5.74, 6) is 0.0687. The first kappa shape index (κ1) is 21.3. The van der Waals surface area contributed by atoms with Gasteiger partial charge in [0.2, 0.25) is 0 Å². The van der Waals surface area contributed by atoms with Crippen LogP contribution in [-0.4, -0.2) is 15.5 Å². The predicted molar refractivity (Wildman–Crippen MR) is 125 cm³/mol. The highest BCUT2D eigenvalue weighted by atomic mass is 35.5. The standard InChI is InChI=1S/C25H26ClN3O2/c1-17-14-22(30)23(25(31)28-21-12-6-5-11-20(21)26)24(19-10-7-13-27-15-19)29(17)16-18-8-3-2-4-9-18/h5-7,10-15,18H,2-4,8-9,16H2,1H3,(H,28,31). The minimum Gasteiger partial charge on any atom is -0.344 e. The van der Waals surface area contributed by atoms with Gasteiger partial charge in [-0.25, -0.2) is 0 Å². The van der Waals surface area contributed by atoms with Gasteiger partial charge in [-0.2, -0.15) is 0 Å². The summed E-state index contributed by atoms with van der Waals surface area (Å²) in [6.45, 7) is 2.71. The number of amides is 1. The summed E-state index contributed by atoms with van der Waals surface area (Å²) < 4.78 is 2.12. The Hall–Kier alpha value is -2.92. The molecule has 0 unspecified atom stereocenters. The summed E-state index contributed by atoms with van der Waals surface area (Å²) in [5, 5.41) is 3.25. The number of hydrogen-bond donors (Lipinski definition) is 1. The summed E-state index contributed by atoms with van der Waals surface area (Å²) in [6.07, 6.45) is 9.46. The second-order valence-corrected chi connectivity index (χ2v) is 8.57. The molecule has 0 aliphatic heterocycles. The number of rotatable bonds is 5.